The lowest BCUT2D eigenvalue weighted by molar-refractivity contribution is 0.382. The maximum Gasteiger partial charge on any atom is 0.228 e. The van der Waals surface area contributed by atoms with Crippen LogP contribution in [0.15, 0.2) is 30.7 Å². The maximum atomic E-state index is 5.26. The van der Waals surface area contributed by atoms with Crippen molar-refractivity contribution in [3.8, 4) is 5.88 Å². The van der Waals surface area contributed by atoms with Crippen molar-refractivity contribution >= 4 is 17.4 Å². The Hall–Kier alpha value is -2.97. The second-order valence-corrected chi connectivity index (χ2v) is 6.77. The van der Waals surface area contributed by atoms with Gasteiger partial charge >= 0.3 is 0 Å². The molecule has 134 valence electrons. The van der Waals surface area contributed by atoms with Gasteiger partial charge < -0.3 is 14.5 Å². The second-order valence-electron chi connectivity index (χ2n) is 6.77. The van der Waals surface area contributed by atoms with Crippen LogP contribution in [0.25, 0.3) is 5.65 Å². The van der Waals surface area contributed by atoms with Gasteiger partial charge in [-0.3, -0.25) is 0 Å². The van der Waals surface area contributed by atoms with Crippen molar-refractivity contribution < 1.29 is 4.74 Å². The molecule has 2 saturated heterocycles. The second kappa shape index (κ2) is 6.08. The third-order valence-electron chi connectivity index (χ3n) is 5.42. The summed E-state index contributed by atoms with van der Waals surface area (Å²) in [6.45, 7) is 2.90. The molecule has 2 unspecified atom stereocenters. The highest BCUT2D eigenvalue weighted by Gasteiger charge is 2.40. The van der Waals surface area contributed by atoms with E-state index >= 15 is 0 Å². The fraction of sp³-hybridized carbons (Fsp3) is 0.471. The van der Waals surface area contributed by atoms with Crippen molar-refractivity contribution in [3.05, 3.63) is 30.7 Å². The van der Waals surface area contributed by atoms with Crippen molar-refractivity contribution in [3.63, 3.8) is 0 Å². The molecule has 0 saturated carbocycles. The van der Waals surface area contributed by atoms with E-state index in [4.69, 9.17) is 4.74 Å². The number of rotatable bonds is 3. The summed E-state index contributed by atoms with van der Waals surface area (Å²) < 4.78 is 6.98. The van der Waals surface area contributed by atoms with E-state index in [1.165, 1.54) is 6.42 Å². The molecule has 3 aromatic heterocycles. The molecule has 2 aliphatic rings. The van der Waals surface area contributed by atoms with Crippen LogP contribution in [0.3, 0.4) is 0 Å². The van der Waals surface area contributed by atoms with E-state index < -0.39 is 0 Å². The summed E-state index contributed by atoms with van der Waals surface area (Å²) in [6, 6.07) is 6.14. The first-order chi connectivity index (χ1) is 12.8. The fourth-order valence-electron chi connectivity index (χ4n) is 4.07. The van der Waals surface area contributed by atoms with E-state index in [9.17, 15) is 0 Å². The molecule has 5 heterocycles. The van der Waals surface area contributed by atoms with Crippen LogP contribution in [-0.2, 0) is 0 Å². The highest BCUT2D eigenvalue weighted by Crippen LogP contribution is 2.35. The first kappa shape index (κ1) is 15.3. The average Bonchev–Trinajstić information content (AvgIpc) is 3.33. The molecule has 0 aromatic carbocycles. The molecule has 2 aliphatic heterocycles. The van der Waals surface area contributed by atoms with E-state index in [1.807, 2.05) is 12.1 Å². The number of methoxy groups -OCH3 is 1. The zero-order chi connectivity index (χ0) is 17.5. The van der Waals surface area contributed by atoms with E-state index in [0.29, 0.717) is 17.8 Å². The summed E-state index contributed by atoms with van der Waals surface area (Å²) in [5, 5.41) is 12.6. The zero-order valence-electron chi connectivity index (χ0n) is 14.6. The third kappa shape index (κ3) is 2.51. The number of hydrogen-bond donors (Lipinski definition) is 0. The molecule has 2 fully saturated rings. The summed E-state index contributed by atoms with van der Waals surface area (Å²) in [5.74, 6) is 2.97. The molecule has 0 radical (unpaired) electrons. The van der Waals surface area contributed by atoms with Crippen molar-refractivity contribution in [1.82, 2.24) is 29.8 Å². The van der Waals surface area contributed by atoms with E-state index in [2.05, 4.69) is 35.1 Å². The smallest absolute Gasteiger partial charge is 0.228 e. The van der Waals surface area contributed by atoms with Crippen LogP contribution in [0.5, 0.6) is 5.88 Å². The maximum absolute atomic E-state index is 5.26. The molecule has 26 heavy (non-hydrogen) atoms. The van der Waals surface area contributed by atoms with Gasteiger partial charge in [0.2, 0.25) is 11.8 Å². The standard InChI is InChI=1S/C17H20N8O/c1-26-16-4-7-18-17(20-16)24-9-6-12-5-8-23(10-13(12)24)15-3-2-14-21-19-11-25(14)22-15/h2-4,7,11-13H,5-6,8-10H2,1H3. The lowest BCUT2D eigenvalue weighted by atomic mass is 9.92. The molecule has 0 amide bonds. The molecular formula is C17H20N8O. The monoisotopic (exact) mass is 352 g/mol. The Morgan fingerprint density at radius 1 is 1.15 bits per heavy atom. The molecule has 9 heteroatoms. The van der Waals surface area contributed by atoms with Crippen LogP contribution >= 0.6 is 0 Å². The number of hydrogen-bond acceptors (Lipinski definition) is 8. The first-order valence-corrected chi connectivity index (χ1v) is 8.87. The molecule has 0 N–H and O–H groups in total. The molecule has 5 rings (SSSR count). The summed E-state index contributed by atoms with van der Waals surface area (Å²) in [6.07, 6.45) is 5.72. The van der Waals surface area contributed by atoms with Crippen molar-refractivity contribution in [1.29, 1.82) is 0 Å². The topological polar surface area (TPSA) is 84.6 Å². The highest BCUT2D eigenvalue weighted by atomic mass is 16.5. The van der Waals surface area contributed by atoms with Crippen LogP contribution in [0.4, 0.5) is 11.8 Å². The normalized spacial score (nSPS) is 22.7. The van der Waals surface area contributed by atoms with E-state index in [1.54, 1.807) is 30.2 Å². The van der Waals surface area contributed by atoms with E-state index in [0.717, 1.165) is 43.5 Å². The van der Waals surface area contributed by atoms with Gasteiger partial charge in [0.1, 0.15) is 12.1 Å². The lowest BCUT2D eigenvalue weighted by Crippen LogP contribution is -2.49. The summed E-state index contributed by atoms with van der Waals surface area (Å²) in [5.41, 5.74) is 0.760. The number of anilines is 2. The number of fused-ring (bicyclic) bond motifs is 2. The molecule has 9 nitrogen and oxygen atoms in total. The van der Waals surface area contributed by atoms with Gasteiger partial charge in [-0.25, -0.2) is 4.98 Å². The SMILES string of the molecule is COc1ccnc(N2CCC3CCN(c4ccc5nncn5n4)CC32)n1. The fourth-order valence-corrected chi connectivity index (χ4v) is 4.07. The van der Waals surface area contributed by atoms with E-state index in [-0.39, 0.29) is 0 Å². The van der Waals surface area contributed by atoms with Crippen LogP contribution < -0.4 is 14.5 Å². The molecule has 0 aliphatic carbocycles. The predicted molar refractivity (Wildman–Crippen MR) is 95.4 cm³/mol. The van der Waals surface area contributed by atoms with Gasteiger partial charge in [0.25, 0.3) is 0 Å². The molecule has 0 spiro atoms. The quantitative estimate of drug-likeness (QED) is 0.691. The first-order valence-electron chi connectivity index (χ1n) is 8.87. The zero-order valence-corrected chi connectivity index (χ0v) is 14.6. The van der Waals surface area contributed by atoms with Gasteiger partial charge in [-0.15, -0.1) is 15.3 Å². The Bertz CT molecular complexity index is 928. The van der Waals surface area contributed by atoms with Crippen LogP contribution in [-0.4, -0.2) is 62.6 Å². The molecule has 3 aromatic rings. The molecule has 2 atom stereocenters. The van der Waals surface area contributed by atoms with Crippen molar-refractivity contribution in [2.45, 2.75) is 18.9 Å². The highest BCUT2D eigenvalue weighted by molar-refractivity contribution is 5.47. The largest absolute Gasteiger partial charge is 0.481 e. The minimum absolute atomic E-state index is 0.384. The van der Waals surface area contributed by atoms with Gasteiger partial charge in [0.15, 0.2) is 5.65 Å². The van der Waals surface area contributed by atoms with Gasteiger partial charge in [-0.1, -0.05) is 0 Å². The van der Waals surface area contributed by atoms with Crippen LogP contribution in [0.1, 0.15) is 12.8 Å². The molecular weight excluding hydrogens is 332 g/mol. The minimum Gasteiger partial charge on any atom is -0.481 e. The van der Waals surface area contributed by atoms with Gasteiger partial charge in [-0.2, -0.15) is 9.50 Å². The summed E-state index contributed by atoms with van der Waals surface area (Å²) in [4.78, 5) is 13.7. The Morgan fingerprint density at radius 3 is 3.00 bits per heavy atom. The number of nitrogens with zero attached hydrogens (tertiary/aromatic N) is 8. The summed E-state index contributed by atoms with van der Waals surface area (Å²) >= 11 is 0. The minimum atomic E-state index is 0.384. The Kier molecular flexibility index (Phi) is 3.58. The van der Waals surface area contributed by atoms with Gasteiger partial charge in [0.05, 0.1) is 13.2 Å². The lowest BCUT2D eigenvalue weighted by Gasteiger charge is -2.38. The Balaban J connectivity index is 1.41. The summed E-state index contributed by atoms with van der Waals surface area (Å²) in [7, 11) is 1.63. The molecule has 0 bridgehead atoms. The van der Waals surface area contributed by atoms with Crippen molar-refractivity contribution in [2.24, 2.45) is 5.92 Å². The van der Waals surface area contributed by atoms with Gasteiger partial charge in [0, 0.05) is 31.9 Å². The average molecular weight is 352 g/mol. The van der Waals surface area contributed by atoms with Crippen LogP contribution in [0, 0.1) is 5.92 Å². The van der Waals surface area contributed by atoms with Gasteiger partial charge in [-0.05, 0) is 30.9 Å². The predicted octanol–water partition coefficient (Wildman–Crippen LogP) is 1.03. The number of piperidine rings is 1. The Labute approximate surface area is 150 Å². The number of ether oxygens (including phenoxy) is 1. The third-order valence-corrected chi connectivity index (χ3v) is 5.42. The number of aromatic nitrogens is 6. The Morgan fingerprint density at radius 2 is 2.08 bits per heavy atom. The van der Waals surface area contributed by atoms with Crippen molar-refractivity contribution in [2.75, 3.05) is 36.5 Å². The van der Waals surface area contributed by atoms with Crippen LogP contribution in [0.2, 0.25) is 0 Å².